The number of quaternary nitrogens is 1. The first-order valence-electron chi connectivity index (χ1n) is 16.6. The molecule has 0 saturated carbocycles. The van der Waals surface area contributed by atoms with Crippen molar-refractivity contribution >= 4 is 58.1 Å². The van der Waals surface area contributed by atoms with E-state index in [1.54, 1.807) is 0 Å². The SMILES string of the molecule is CC(C)(C)c1cc(N)c(SCCN)c(NC(=O)c2cc(C(=O)Nc3cc(C(C)(C)C)cc([NH3+])c3SCCN)c(OCCN)cc2OCCN)c1. The van der Waals surface area contributed by atoms with Crippen molar-refractivity contribution in [2.24, 2.45) is 22.9 Å². The first-order chi connectivity index (χ1) is 23.5. The maximum Gasteiger partial charge on any atom is 0.259 e. The van der Waals surface area contributed by atoms with Crippen LogP contribution in [-0.4, -0.2) is 62.7 Å². The van der Waals surface area contributed by atoms with Crippen LogP contribution in [0.1, 0.15) is 73.4 Å². The molecule has 2 amide bonds. The van der Waals surface area contributed by atoms with Gasteiger partial charge in [-0.05, 0) is 46.2 Å². The number of hydrogen-bond donors (Lipinski definition) is 8. The van der Waals surface area contributed by atoms with E-state index < -0.39 is 11.8 Å². The summed E-state index contributed by atoms with van der Waals surface area (Å²) in [5, 5.41) is 6.11. The largest absolute Gasteiger partial charge is 0.491 e. The number of rotatable bonds is 16. The summed E-state index contributed by atoms with van der Waals surface area (Å²) in [4.78, 5) is 29.9. The predicted molar refractivity (Wildman–Crippen MR) is 208 cm³/mol. The Morgan fingerprint density at radius 3 is 1.54 bits per heavy atom. The smallest absolute Gasteiger partial charge is 0.259 e. The number of nitrogens with one attached hydrogen (secondary N) is 2. The number of benzene rings is 3. The molecule has 0 radical (unpaired) electrons. The second-order valence-electron chi connectivity index (χ2n) is 13.8. The highest BCUT2D eigenvalue weighted by molar-refractivity contribution is 7.99. The highest BCUT2D eigenvalue weighted by atomic mass is 32.2. The Kier molecular flexibility index (Phi) is 14.8. The predicted octanol–water partition coefficient (Wildman–Crippen LogP) is 4.02. The normalized spacial score (nSPS) is 11.7. The van der Waals surface area contributed by atoms with Crippen molar-refractivity contribution in [3.8, 4) is 11.5 Å². The van der Waals surface area contributed by atoms with Gasteiger partial charge >= 0.3 is 0 Å². The summed E-state index contributed by atoms with van der Waals surface area (Å²) in [5.41, 5.74) is 38.1. The van der Waals surface area contributed by atoms with Crippen LogP contribution >= 0.6 is 23.5 Å². The summed E-state index contributed by atoms with van der Waals surface area (Å²) >= 11 is 2.97. The highest BCUT2D eigenvalue weighted by Gasteiger charge is 2.26. The lowest BCUT2D eigenvalue weighted by Gasteiger charge is -2.23. The van der Waals surface area contributed by atoms with Crippen molar-refractivity contribution in [2.75, 3.05) is 67.3 Å². The summed E-state index contributed by atoms with van der Waals surface area (Å²) in [6, 6.07) is 10.8. The molecule has 0 unspecified atom stereocenters. The molecule has 3 rings (SSSR count). The molecule has 0 atom stereocenters. The van der Waals surface area contributed by atoms with Gasteiger partial charge in [-0.2, -0.15) is 0 Å². The van der Waals surface area contributed by atoms with E-state index in [0.29, 0.717) is 46.6 Å². The molecule has 50 heavy (non-hydrogen) atoms. The lowest BCUT2D eigenvalue weighted by Crippen LogP contribution is -2.41. The standard InChI is InChI=1S/C36H54N8O4S2/c1-35(2,3)21-15-25(41)31(49-13-9-39)27(17-21)43-33(45)23-19-24(30(48-12-8-38)20-29(23)47-11-7-37)34(46)44-28-18-22(36(4,5)6)16-26(42)32(28)50-14-10-40/h15-20H,7-14,37-42H2,1-6H3,(H,43,45)(H,44,46)/p+1. The third kappa shape index (κ3) is 10.8. The number of amides is 2. The van der Waals surface area contributed by atoms with E-state index in [1.807, 2.05) is 24.3 Å². The first kappa shape index (κ1) is 40.9. The molecule has 0 spiro atoms. The quantitative estimate of drug-likeness (QED) is 0.0775. The molecule has 274 valence electrons. The molecule has 0 aliphatic carbocycles. The van der Waals surface area contributed by atoms with Crippen LogP contribution in [0.15, 0.2) is 46.2 Å². The minimum Gasteiger partial charge on any atom is -0.491 e. The maximum atomic E-state index is 14.2. The van der Waals surface area contributed by atoms with Gasteiger partial charge in [0.15, 0.2) is 0 Å². The molecule has 3 aromatic carbocycles. The van der Waals surface area contributed by atoms with Crippen LogP contribution in [0.5, 0.6) is 11.5 Å². The second-order valence-corrected chi connectivity index (χ2v) is 16.0. The number of carbonyl (C=O) groups excluding carboxylic acids is 2. The molecular weight excluding hydrogens is 673 g/mol. The summed E-state index contributed by atoms with van der Waals surface area (Å²) in [5.74, 6) is 0.630. The molecule has 0 saturated heterocycles. The van der Waals surface area contributed by atoms with Gasteiger partial charge in [0.05, 0.1) is 32.3 Å². The van der Waals surface area contributed by atoms with Gasteiger partial charge in [-0.25, -0.2) is 0 Å². The van der Waals surface area contributed by atoms with Crippen LogP contribution in [0.3, 0.4) is 0 Å². The van der Waals surface area contributed by atoms with Crippen LogP contribution in [0.2, 0.25) is 0 Å². The van der Waals surface area contributed by atoms with Crippen LogP contribution in [0.4, 0.5) is 22.7 Å². The second kappa shape index (κ2) is 18.1. The van der Waals surface area contributed by atoms with Crippen molar-refractivity contribution in [3.05, 3.63) is 58.7 Å². The average molecular weight is 728 g/mol. The molecule has 0 fully saturated rings. The van der Waals surface area contributed by atoms with Gasteiger partial charge in [0.2, 0.25) is 0 Å². The van der Waals surface area contributed by atoms with Crippen molar-refractivity contribution in [1.29, 1.82) is 0 Å². The van der Waals surface area contributed by atoms with Gasteiger partial charge in [0, 0.05) is 55.5 Å². The van der Waals surface area contributed by atoms with Crippen molar-refractivity contribution in [2.45, 2.75) is 62.2 Å². The molecule has 0 aliphatic rings. The Hall–Kier alpha value is -3.50. The Balaban J connectivity index is 2.19. The van der Waals surface area contributed by atoms with E-state index >= 15 is 0 Å². The first-order valence-corrected chi connectivity index (χ1v) is 18.6. The Morgan fingerprint density at radius 2 is 1.10 bits per heavy atom. The van der Waals surface area contributed by atoms with E-state index in [4.69, 9.17) is 38.1 Å². The Bertz CT molecular complexity index is 1540. The fraction of sp³-hybridized carbons (Fsp3) is 0.444. The minimum absolute atomic E-state index is 0.109. The van der Waals surface area contributed by atoms with E-state index in [9.17, 15) is 9.59 Å². The van der Waals surface area contributed by atoms with E-state index in [-0.39, 0.29) is 59.8 Å². The van der Waals surface area contributed by atoms with E-state index in [0.717, 1.165) is 21.7 Å². The van der Waals surface area contributed by atoms with Gasteiger partial charge in [-0.3, -0.25) is 9.59 Å². The molecule has 14 heteroatoms. The topological polar surface area (TPSA) is 234 Å². The summed E-state index contributed by atoms with van der Waals surface area (Å²) in [7, 11) is 0. The van der Waals surface area contributed by atoms with E-state index in [2.05, 4.69) is 57.9 Å². The van der Waals surface area contributed by atoms with Crippen molar-refractivity contribution in [1.82, 2.24) is 0 Å². The molecule has 0 bridgehead atoms. The minimum atomic E-state index is -0.509. The number of nitrogen functional groups attached to an aromatic ring is 1. The molecule has 12 nitrogen and oxygen atoms in total. The van der Waals surface area contributed by atoms with Gasteiger partial charge in [-0.1, -0.05) is 41.5 Å². The number of hydrogen-bond acceptors (Lipinski definition) is 11. The number of nitrogens with two attached hydrogens (primary N) is 5. The third-order valence-electron chi connectivity index (χ3n) is 7.56. The van der Waals surface area contributed by atoms with Crippen LogP contribution in [0.25, 0.3) is 0 Å². The molecule has 0 heterocycles. The van der Waals surface area contributed by atoms with E-state index in [1.165, 1.54) is 35.7 Å². The van der Waals surface area contributed by atoms with Crippen LogP contribution in [-0.2, 0) is 10.8 Å². The highest BCUT2D eigenvalue weighted by Crippen LogP contribution is 2.40. The maximum absolute atomic E-state index is 14.2. The fourth-order valence-electron chi connectivity index (χ4n) is 4.92. The molecule has 0 aromatic heterocycles. The summed E-state index contributed by atoms with van der Waals surface area (Å²) in [6.45, 7) is 14.0. The Labute approximate surface area is 304 Å². The Morgan fingerprint density at radius 1 is 0.660 bits per heavy atom. The van der Waals surface area contributed by atoms with Gasteiger partial charge in [-0.15, -0.1) is 23.5 Å². The van der Waals surface area contributed by atoms with Gasteiger partial charge < -0.3 is 54.5 Å². The molecule has 3 aromatic rings. The molecular formula is C36H55N8O4S2+. The average Bonchev–Trinajstić information content (AvgIpc) is 3.04. The molecule has 15 N–H and O–H groups in total. The van der Waals surface area contributed by atoms with Crippen LogP contribution < -0.4 is 54.5 Å². The number of carbonyl (C=O) groups is 2. The number of ether oxygens (including phenoxy) is 2. The summed E-state index contributed by atoms with van der Waals surface area (Å²) < 4.78 is 11.9. The monoisotopic (exact) mass is 727 g/mol. The fourth-order valence-corrected chi connectivity index (χ4v) is 6.56. The zero-order chi connectivity index (χ0) is 37.2. The third-order valence-corrected chi connectivity index (χ3v) is 9.96. The number of anilines is 3. The lowest BCUT2D eigenvalue weighted by molar-refractivity contribution is -0.258. The van der Waals surface area contributed by atoms with Gasteiger partial charge in [0.1, 0.15) is 30.4 Å². The zero-order valence-electron chi connectivity index (χ0n) is 30.2. The zero-order valence-corrected chi connectivity index (χ0v) is 31.8. The number of thioether (sulfide) groups is 2. The van der Waals surface area contributed by atoms with Crippen LogP contribution in [0, 0.1) is 0 Å². The molecule has 0 aliphatic heterocycles. The van der Waals surface area contributed by atoms with Crippen molar-refractivity contribution in [3.63, 3.8) is 0 Å². The lowest BCUT2D eigenvalue weighted by atomic mass is 9.86. The van der Waals surface area contributed by atoms with Gasteiger partial charge in [0.25, 0.3) is 11.8 Å². The van der Waals surface area contributed by atoms with Crippen molar-refractivity contribution < 1.29 is 24.8 Å². The summed E-state index contributed by atoms with van der Waals surface area (Å²) in [6.07, 6.45) is 0.